The molecule has 1 atom stereocenters. The maximum atomic E-state index is 12.3. The molecule has 0 aromatic rings. The molecule has 0 bridgehead atoms. The van der Waals surface area contributed by atoms with Gasteiger partial charge in [-0.25, -0.2) is 0 Å². The number of rotatable bonds is 7. The van der Waals surface area contributed by atoms with Gasteiger partial charge in [-0.15, -0.1) is 0 Å². The molecule has 0 rings (SSSR count). The molecule has 0 saturated heterocycles. The van der Waals surface area contributed by atoms with Gasteiger partial charge in [-0.05, 0) is 19.8 Å². The van der Waals surface area contributed by atoms with Gasteiger partial charge in [0.05, 0.1) is 6.54 Å². The Morgan fingerprint density at radius 2 is 1.60 bits per heavy atom. The molecule has 20 heavy (non-hydrogen) atoms. The van der Waals surface area contributed by atoms with Crippen LogP contribution in [0.4, 0.5) is 0 Å². The second-order valence-electron chi connectivity index (χ2n) is 5.18. The highest BCUT2D eigenvalue weighted by molar-refractivity contribution is 5.90. The molecular weight excluding hydrogens is 258 g/mol. The predicted octanol–water partition coefficient (Wildman–Crippen LogP) is 0.474. The van der Waals surface area contributed by atoms with E-state index in [9.17, 15) is 14.4 Å². The summed E-state index contributed by atoms with van der Waals surface area (Å²) in [7, 11) is 1.58. The fourth-order valence-corrected chi connectivity index (χ4v) is 1.93. The molecule has 0 heterocycles. The lowest BCUT2D eigenvalue weighted by molar-refractivity contribution is -0.141. The molecule has 0 aliphatic rings. The zero-order chi connectivity index (χ0) is 15.9. The lowest BCUT2D eigenvalue weighted by Gasteiger charge is -2.28. The van der Waals surface area contributed by atoms with Crippen LogP contribution in [0.1, 0.15) is 34.6 Å². The molecule has 1 unspecified atom stereocenters. The fourth-order valence-electron chi connectivity index (χ4n) is 1.93. The van der Waals surface area contributed by atoms with Crippen molar-refractivity contribution >= 4 is 17.7 Å². The van der Waals surface area contributed by atoms with Gasteiger partial charge in [0, 0.05) is 27.1 Å². The molecule has 0 saturated carbocycles. The van der Waals surface area contributed by atoms with Gasteiger partial charge in [-0.3, -0.25) is 14.4 Å². The van der Waals surface area contributed by atoms with Crippen LogP contribution in [0.15, 0.2) is 0 Å². The summed E-state index contributed by atoms with van der Waals surface area (Å²) in [6, 6.07) is -0.595. The standard InChI is InChI=1S/C14H27N3O3/c1-7-17(8-2)12(19)9-16(6)14(20)13(10(3)4)15-11(5)18/h10,13H,7-9H2,1-6H3,(H,15,18). The summed E-state index contributed by atoms with van der Waals surface area (Å²) in [6.45, 7) is 10.2. The molecule has 3 amide bonds. The van der Waals surface area contributed by atoms with Crippen LogP contribution < -0.4 is 5.32 Å². The van der Waals surface area contributed by atoms with Crippen molar-refractivity contribution in [2.75, 3.05) is 26.7 Å². The molecule has 116 valence electrons. The number of hydrogen-bond acceptors (Lipinski definition) is 3. The summed E-state index contributed by atoms with van der Waals surface area (Å²) >= 11 is 0. The van der Waals surface area contributed by atoms with Crippen LogP contribution in [-0.2, 0) is 14.4 Å². The average molecular weight is 285 g/mol. The van der Waals surface area contributed by atoms with Crippen LogP contribution in [0, 0.1) is 5.92 Å². The summed E-state index contributed by atoms with van der Waals surface area (Å²) in [6.07, 6.45) is 0. The molecule has 0 spiro atoms. The molecule has 6 nitrogen and oxygen atoms in total. The van der Waals surface area contributed by atoms with Crippen molar-refractivity contribution < 1.29 is 14.4 Å². The van der Waals surface area contributed by atoms with Crippen molar-refractivity contribution in [2.24, 2.45) is 5.92 Å². The molecular formula is C14H27N3O3. The van der Waals surface area contributed by atoms with Crippen LogP contribution >= 0.6 is 0 Å². The number of carbonyl (C=O) groups is 3. The maximum Gasteiger partial charge on any atom is 0.245 e. The third-order valence-corrected chi connectivity index (χ3v) is 3.16. The number of nitrogens with one attached hydrogen (secondary N) is 1. The largest absolute Gasteiger partial charge is 0.344 e. The second kappa shape index (κ2) is 8.55. The Labute approximate surface area is 121 Å². The van der Waals surface area contributed by atoms with E-state index in [4.69, 9.17) is 0 Å². The summed E-state index contributed by atoms with van der Waals surface area (Å²) in [5, 5.41) is 2.64. The number of likely N-dealkylation sites (N-methyl/N-ethyl adjacent to an activating group) is 2. The van der Waals surface area contributed by atoms with E-state index >= 15 is 0 Å². The summed E-state index contributed by atoms with van der Waals surface area (Å²) in [4.78, 5) is 38.5. The van der Waals surface area contributed by atoms with Crippen molar-refractivity contribution in [2.45, 2.75) is 40.7 Å². The normalized spacial score (nSPS) is 11.9. The lowest BCUT2D eigenvalue weighted by Crippen LogP contribution is -2.51. The minimum atomic E-state index is -0.595. The van der Waals surface area contributed by atoms with Gasteiger partial charge in [-0.1, -0.05) is 13.8 Å². The first-order chi connectivity index (χ1) is 9.24. The van der Waals surface area contributed by atoms with E-state index in [1.807, 2.05) is 27.7 Å². The van der Waals surface area contributed by atoms with Gasteiger partial charge in [0.15, 0.2) is 0 Å². The molecule has 0 radical (unpaired) electrons. The zero-order valence-corrected chi connectivity index (χ0v) is 13.4. The Bertz CT molecular complexity index is 352. The summed E-state index contributed by atoms with van der Waals surface area (Å²) < 4.78 is 0. The quantitative estimate of drug-likeness (QED) is 0.739. The molecule has 0 fully saturated rings. The van der Waals surface area contributed by atoms with E-state index in [0.717, 1.165) is 0 Å². The molecule has 6 heteroatoms. The Morgan fingerprint density at radius 3 is 1.95 bits per heavy atom. The third-order valence-electron chi connectivity index (χ3n) is 3.16. The smallest absolute Gasteiger partial charge is 0.245 e. The summed E-state index contributed by atoms with van der Waals surface area (Å²) in [5.41, 5.74) is 0. The van der Waals surface area contributed by atoms with Gasteiger partial charge in [0.1, 0.15) is 6.04 Å². The first kappa shape index (κ1) is 18.4. The Balaban J connectivity index is 4.73. The van der Waals surface area contributed by atoms with Crippen LogP contribution in [0.5, 0.6) is 0 Å². The highest BCUT2D eigenvalue weighted by Crippen LogP contribution is 2.06. The van der Waals surface area contributed by atoms with Crippen LogP contribution in [0.3, 0.4) is 0 Å². The maximum absolute atomic E-state index is 12.3. The summed E-state index contributed by atoms with van der Waals surface area (Å²) in [5.74, 6) is -0.607. The van der Waals surface area contributed by atoms with Crippen molar-refractivity contribution in [1.29, 1.82) is 0 Å². The average Bonchev–Trinajstić information content (AvgIpc) is 2.35. The Kier molecular flexibility index (Phi) is 7.87. The fraction of sp³-hybridized carbons (Fsp3) is 0.786. The number of hydrogen-bond donors (Lipinski definition) is 1. The Hall–Kier alpha value is -1.59. The van der Waals surface area contributed by atoms with E-state index in [-0.39, 0.29) is 30.2 Å². The topological polar surface area (TPSA) is 69.7 Å². The minimum absolute atomic E-state index is 0.0302. The van der Waals surface area contributed by atoms with E-state index in [2.05, 4.69) is 5.32 Å². The lowest BCUT2D eigenvalue weighted by atomic mass is 10.0. The number of amides is 3. The molecule has 1 N–H and O–H groups in total. The van der Waals surface area contributed by atoms with Crippen LogP contribution in [0.25, 0.3) is 0 Å². The monoisotopic (exact) mass is 285 g/mol. The zero-order valence-electron chi connectivity index (χ0n) is 13.4. The minimum Gasteiger partial charge on any atom is -0.344 e. The molecule has 0 aromatic carbocycles. The van der Waals surface area contributed by atoms with Crippen LogP contribution in [-0.4, -0.2) is 60.2 Å². The SMILES string of the molecule is CCN(CC)C(=O)CN(C)C(=O)C(NC(C)=O)C(C)C. The van der Waals surface area contributed by atoms with Gasteiger partial charge < -0.3 is 15.1 Å². The van der Waals surface area contributed by atoms with E-state index in [0.29, 0.717) is 13.1 Å². The third kappa shape index (κ3) is 5.59. The molecule has 0 aliphatic carbocycles. The van der Waals surface area contributed by atoms with Crippen molar-refractivity contribution in [3.63, 3.8) is 0 Å². The second-order valence-corrected chi connectivity index (χ2v) is 5.18. The number of carbonyl (C=O) groups excluding carboxylic acids is 3. The highest BCUT2D eigenvalue weighted by Gasteiger charge is 2.27. The molecule has 0 aromatic heterocycles. The first-order valence-corrected chi connectivity index (χ1v) is 7.04. The first-order valence-electron chi connectivity index (χ1n) is 7.04. The van der Waals surface area contributed by atoms with E-state index in [1.165, 1.54) is 11.8 Å². The highest BCUT2D eigenvalue weighted by atomic mass is 16.2. The van der Waals surface area contributed by atoms with E-state index in [1.54, 1.807) is 11.9 Å². The van der Waals surface area contributed by atoms with Gasteiger partial charge >= 0.3 is 0 Å². The Morgan fingerprint density at radius 1 is 1.10 bits per heavy atom. The van der Waals surface area contributed by atoms with Crippen molar-refractivity contribution in [3.05, 3.63) is 0 Å². The van der Waals surface area contributed by atoms with Crippen molar-refractivity contribution in [1.82, 2.24) is 15.1 Å². The van der Waals surface area contributed by atoms with Crippen molar-refractivity contribution in [3.8, 4) is 0 Å². The number of nitrogens with zero attached hydrogens (tertiary/aromatic N) is 2. The van der Waals surface area contributed by atoms with Gasteiger partial charge in [-0.2, -0.15) is 0 Å². The molecule has 0 aliphatic heterocycles. The van der Waals surface area contributed by atoms with Gasteiger partial charge in [0.25, 0.3) is 0 Å². The van der Waals surface area contributed by atoms with Gasteiger partial charge in [0.2, 0.25) is 17.7 Å². The van der Waals surface area contributed by atoms with Crippen LogP contribution in [0.2, 0.25) is 0 Å². The predicted molar refractivity (Wildman–Crippen MR) is 78.0 cm³/mol. The van der Waals surface area contributed by atoms with E-state index < -0.39 is 6.04 Å².